The molecule has 4 nitrogen and oxygen atoms in total. The van der Waals surface area contributed by atoms with Crippen molar-refractivity contribution in [3.63, 3.8) is 0 Å². The lowest BCUT2D eigenvalue weighted by Crippen LogP contribution is -2.18. The van der Waals surface area contributed by atoms with E-state index in [1.54, 1.807) is 30.3 Å². The molecular formula is C16H12BrO4. The second-order valence-electron chi connectivity index (χ2n) is 4.23. The Bertz CT molecular complexity index is 595. The minimum Gasteiger partial charge on any atom is -0.458 e. The summed E-state index contributed by atoms with van der Waals surface area (Å²) in [6, 6.07) is 16.0. The first-order chi connectivity index (χ1) is 10.2. The first-order valence-corrected chi connectivity index (χ1v) is 6.99. The topological polar surface area (TPSA) is 52.6 Å². The highest BCUT2D eigenvalue weighted by atomic mass is 79.9. The van der Waals surface area contributed by atoms with E-state index in [0.29, 0.717) is 5.56 Å². The number of halogens is 1. The Kier molecular flexibility index (Phi) is 5.51. The summed E-state index contributed by atoms with van der Waals surface area (Å²) in [5.41, 5.74) is 1.38. The fraction of sp³-hybridized carbons (Fsp3) is 0.125. The molecular weight excluding hydrogens is 336 g/mol. The highest BCUT2D eigenvalue weighted by Gasteiger charge is 2.23. The molecule has 0 aliphatic carbocycles. The van der Waals surface area contributed by atoms with Gasteiger partial charge in [-0.2, -0.15) is 0 Å². The SMILES string of the molecule is O=[C]OC(C(=O)OCc1ccc(Br)cc1)c1ccccc1. The van der Waals surface area contributed by atoms with Crippen LogP contribution in [0.1, 0.15) is 17.2 Å². The van der Waals surface area contributed by atoms with E-state index < -0.39 is 12.1 Å². The molecule has 0 bridgehead atoms. The molecule has 0 aliphatic rings. The van der Waals surface area contributed by atoms with Gasteiger partial charge in [0.15, 0.2) is 0 Å². The minimum atomic E-state index is -1.10. The third-order valence-corrected chi connectivity index (χ3v) is 3.31. The van der Waals surface area contributed by atoms with Gasteiger partial charge in [-0.05, 0) is 17.7 Å². The van der Waals surface area contributed by atoms with E-state index in [2.05, 4.69) is 15.9 Å². The minimum absolute atomic E-state index is 0.109. The third kappa shape index (κ3) is 4.43. The first-order valence-electron chi connectivity index (χ1n) is 6.19. The molecule has 0 spiro atoms. The molecule has 0 saturated carbocycles. The largest absolute Gasteiger partial charge is 0.458 e. The van der Waals surface area contributed by atoms with E-state index in [0.717, 1.165) is 10.0 Å². The van der Waals surface area contributed by atoms with Gasteiger partial charge in [-0.3, -0.25) is 0 Å². The van der Waals surface area contributed by atoms with Crippen LogP contribution in [0.25, 0.3) is 0 Å². The standard InChI is InChI=1S/C16H12BrO4/c17-14-8-6-12(7-9-14)10-20-16(19)15(21-11-18)13-4-2-1-3-5-13/h1-9,15H,10H2. The average molecular weight is 348 g/mol. The van der Waals surface area contributed by atoms with Gasteiger partial charge in [-0.15, -0.1) is 0 Å². The summed E-state index contributed by atoms with van der Waals surface area (Å²) in [5, 5.41) is 0. The van der Waals surface area contributed by atoms with Crippen molar-refractivity contribution >= 4 is 28.4 Å². The van der Waals surface area contributed by atoms with Crippen LogP contribution in [0.3, 0.4) is 0 Å². The van der Waals surface area contributed by atoms with Gasteiger partial charge in [-0.1, -0.05) is 58.4 Å². The summed E-state index contributed by atoms with van der Waals surface area (Å²) in [4.78, 5) is 22.5. The average Bonchev–Trinajstić information content (AvgIpc) is 2.52. The molecule has 107 valence electrons. The van der Waals surface area contributed by atoms with Crippen LogP contribution in [-0.2, 0) is 25.7 Å². The molecule has 1 unspecified atom stereocenters. The van der Waals surface area contributed by atoms with Crippen LogP contribution in [0.4, 0.5) is 0 Å². The van der Waals surface area contributed by atoms with Gasteiger partial charge in [0.25, 0.3) is 0 Å². The lowest BCUT2D eigenvalue weighted by atomic mass is 10.1. The van der Waals surface area contributed by atoms with Gasteiger partial charge in [-0.25, -0.2) is 9.59 Å². The number of ether oxygens (including phenoxy) is 2. The van der Waals surface area contributed by atoms with Gasteiger partial charge in [0.1, 0.15) is 6.61 Å². The highest BCUT2D eigenvalue weighted by molar-refractivity contribution is 9.10. The molecule has 2 aromatic rings. The van der Waals surface area contributed by atoms with Crippen molar-refractivity contribution in [3.8, 4) is 0 Å². The summed E-state index contributed by atoms with van der Waals surface area (Å²) >= 11 is 3.33. The van der Waals surface area contributed by atoms with Crippen LogP contribution < -0.4 is 0 Å². The van der Waals surface area contributed by atoms with Crippen molar-refractivity contribution in [2.75, 3.05) is 0 Å². The van der Waals surface area contributed by atoms with Gasteiger partial charge in [0, 0.05) is 10.0 Å². The zero-order valence-electron chi connectivity index (χ0n) is 11.0. The Hall–Kier alpha value is -2.14. The van der Waals surface area contributed by atoms with Crippen molar-refractivity contribution in [2.45, 2.75) is 12.7 Å². The van der Waals surface area contributed by atoms with E-state index in [1.165, 1.54) is 6.47 Å². The fourth-order valence-corrected chi connectivity index (χ4v) is 2.00. The van der Waals surface area contributed by atoms with E-state index in [4.69, 9.17) is 9.47 Å². The Balaban J connectivity index is 2.02. The van der Waals surface area contributed by atoms with E-state index in [1.807, 2.05) is 24.3 Å². The number of benzene rings is 2. The molecule has 0 aromatic heterocycles. The summed E-state index contributed by atoms with van der Waals surface area (Å²) in [6.45, 7) is 1.40. The van der Waals surface area contributed by atoms with Gasteiger partial charge < -0.3 is 9.47 Å². The molecule has 0 amide bonds. The molecule has 0 N–H and O–H groups in total. The molecule has 0 fully saturated rings. The Morgan fingerprint density at radius 1 is 1.10 bits per heavy atom. The summed E-state index contributed by atoms with van der Waals surface area (Å²) in [6.07, 6.45) is -1.10. The van der Waals surface area contributed by atoms with Crippen molar-refractivity contribution in [1.29, 1.82) is 0 Å². The van der Waals surface area contributed by atoms with Gasteiger partial charge in [0.2, 0.25) is 6.10 Å². The summed E-state index contributed by atoms with van der Waals surface area (Å²) in [7, 11) is 0. The van der Waals surface area contributed by atoms with Crippen LogP contribution in [0.5, 0.6) is 0 Å². The molecule has 21 heavy (non-hydrogen) atoms. The first kappa shape index (κ1) is 15.3. The molecule has 5 heteroatoms. The molecule has 0 saturated heterocycles. The third-order valence-electron chi connectivity index (χ3n) is 2.78. The monoisotopic (exact) mass is 347 g/mol. The highest BCUT2D eigenvalue weighted by Crippen LogP contribution is 2.19. The normalized spacial score (nSPS) is 11.5. The number of rotatable bonds is 6. The zero-order chi connectivity index (χ0) is 15.1. The maximum Gasteiger partial charge on any atom is 0.418 e. The zero-order valence-corrected chi connectivity index (χ0v) is 12.6. The Labute approximate surface area is 130 Å². The second kappa shape index (κ2) is 7.59. The van der Waals surface area contributed by atoms with Crippen LogP contribution in [0.2, 0.25) is 0 Å². The van der Waals surface area contributed by atoms with Gasteiger partial charge in [0.05, 0.1) is 0 Å². The lowest BCUT2D eigenvalue weighted by molar-refractivity contribution is -0.154. The summed E-state index contributed by atoms with van der Waals surface area (Å²) in [5.74, 6) is -0.632. The molecule has 2 aromatic carbocycles. The van der Waals surface area contributed by atoms with Crippen molar-refractivity contribution in [2.24, 2.45) is 0 Å². The molecule has 0 heterocycles. The number of hydrogen-bond acceptors (Lipinski definition) is 4. The van der Waals surface area contributed by atoms with Crippen LogP contribution >= 0.6 is 15.9 Å². The fourth-order valence-electron chi connectivity index (χ4n) is 1.74. The quantitative estimate of drug-likeness (QED) is 0.752. The molecule has 2 rings (SSSR count). The predicted octanol–water partition coefficient (Wildman–Crippen LogP) is 3.32. The summed E-state index contributed by atoms with van der Waals surface area (Å²) < 4.78 is 10.8. The number of carbonyl (C=O) groups excluding carboxylic acids is 2. The predicted molar refractivity (Wildman–Crippen MR) is 79.9 cm³/mol. The maximum atomic E-state index is 12.0. The maximum absolute atomic E-state index is 12.0. The number of hydrogen-bond donors (Lipinski definition) is 0. The molecule has 1 radical (unpaired) electrons. The molecule has 1 atom stereocenters. The van der Waals surface area contributed by atoms with Crippen LogP contribution in [0.15, 0.2) is 59.1 Å². The van der Waals surface area contributed by atoms with Crippen molar-refractivity contribution in [1.82, 2.24) is 0 Å². The van der Waals surface area contributed by atoms with E-state index in [9.17, 15) is 9.59 Å². The number of carbonyl (C=O) groups is 1. The van der Waals surface area contributed by atoms with Crippen molar-refractivity contribution < 1.29 is 19.1 Å². The van der Waals surface area contributed by atoms with E-state index in [-0.39, 0.29) is 6.61 Å². The van der Waals surface area contributed by atoms with Crippen LogP contribution in [-0.4, -0.2) is 12.4 Å². The second-order valence-corrected chi connectivity index (χ2v) is 5.14. The number of esters is 1. The van der Waals surface area contributed by atoms with Crippen molar-refractivity contribution in [3.05, 3.63) is 70.2 Å². The van der Waals surface area contributed by atoms with Gasteiger partial charge >= 0.3 is 12.4 Å². The molecule has 0 aliphatic heterocycles. The lowest BCUT2D eigenvalue weighted by Gasteiger charge is -2.14. The van der Waals surface area contributed by atoms with Crippen LogP contribution in [0, 0.1) is 0 Å². The Morgan fingerprint density at radius 2 is 1.76 bits per heavy atom. The van der Waals surface area contributed by atoms with E-state index >= 15 is 0 Å². The smallest absolute Gasteiger partial charge is 0.418 e. The Morgan fingerprint density at radius 3 is 2.38 bits per heavy atom.